The van der Waals surface area contributed by atoms with Crippen molar-refractivity contribution in [2.45, 2.75) is 55.1 Å². The van der Waals surface area contributed by atoms with Crippen molar-refractivity contribution in [2.24, 2.45) is 0 Å². The highest BCUT2D eigenvalue weighted by molar-refractivity contribution is 7.82. The number of ether oxygens (including phenoxy) is 2. The van der Waals surface area contributed by atoms with Crippen molar-refractivity contribution in [1.82, 2.24) is 0 Å². The van der Waals surface area contributed by atoms with E-state index >= 15 is 0 Å². The standard InChI is InChI=1S/C12H24O37S9/c13-50(14)43-5(8(46-55(27,28)29)9(47-56(30,31)32)6(44-53(21,22)23)3-41-52(18,19)20)1-39-12-11(49-58(36,37)38)10(48-57(33,34)35)7(45-54(24,25)26)4(42-12)2-40-51(15,16)17/h4-12H,1-3H2,(H,13,14)(H,15,16,17)(H,18,19,20)(H,21,22,23)(H,24,25,26)(H,27,28,29)(H,30,31,32)(H,33,34,35)(H,36,37,38)/p-1/t4-,5+,6-,7-,8-,9-,10+,11-,12-/m1/s1. The molecule has 46 heteroatoms. The summed E-state index contributed by atoms with van der Waals surface area (Å²) in [5, 5.41) is 0. The van der Waals surface area contributed by atoms with Crippen LogP contribution in [0.2, 0.25) is 0 Å². The van der Waals surface area contributed by atoms with E-state index < -0.39 is 169 Å². The van der Waals surface area contributed by atoms with Gasteiger partial charge in [0.1, 0.15) is 42.7 Å². The molecule has 10 atom stereocenters. The van der Waals surface area contributed by atoms with Crippen LogP contribution < -0.4 is 0 Å². The summed E-state index contributed by atoms with van der Waals surface area (Å²) in [5.41, 5.74) is 0. The predicted octanol–water partition coefficient (Wildman–Crippen LogP) is -7.33. The van der Waals surface area contributed by atoms with Crippen LogP contribution in [0.25, 0.3) is 0 Å². The summed E-state index contributed by atoms with van der Waals surface area (Å²) < 4.78 is 327. The van der Waals surface area contributed by atoms with Gasteiger partial charge in [-0.1, -0.05) is 0 Å². The fourth-order valence-corrected chi connectivity index (χ4v) is 7.92. The molecule has 0 aromatic rings. The molecule has 1 unspecified atom stereocenters. The second-order valence-electron chi connectivity index (χ2n) is 9.64. The van der Waals surface area contributed by atoms with Crippen molar-refractivity contribution in [3.8, 4) is 0 Å². The lowest BCUT2D eigenvalue weighted by Gasteiger charge is -2.43. The summed E-state index contributed by atoms with van der Waals surface area (Å²) in [6, 6.07) is 0. The molecule has 0 saturated carbocycles. The van der Waals surface area contributed by atoms with E-state index in [4.69, 9.17) is 23.1 Å². The fraction of sp³-hybridized carbons (Fsp3) is 1.00. The number of hydrogen-bond donors (Lipinski definition) is 8. The molecule has 0 amide bonds. The minimum atomic E-state index is -6.33. The van der Waals surface area contributed by atoms with Crippen molar-refractivity contribution in [1.29, 1.82) is 0 Å². The Hall–Kier alpha value is -1.05. The highest BCUT2D eigenvalue weighted by atomic mass is 32.3. The van der Waals surface area contributed by atoms with Gasteiger partial charge in [0.2, 0.25) is 0 Å². The summed E-state index contributed by atoms with van der Waals surface area (Å²) in [4.78, 5) is 0. The van der Waals surface area contributed by atoms with Gasteiger partial charge in [-0.05, 0) is 0 Å². The van der Waals surface area contributed by atoms with Gasteiger partial charge in [0.05, 0.1) is 31.2 Å². The van der Waals surface area contributed by atoms with Crippen molar-refractivity contribution >= 4 is 94.6 Å². The number of hydrogen-bond acceptors (Lipinski definition) is 29. The molecule has 0 aliphatic carbocycles. The summed E-state index contributed by atoms with van der Waals surface area (Å²) in [6.45, 7) is -6.32. The quantitative estimate of drug-likeness (QED) is 0.0295. The fourth-order valence-electron chi connectivity index (χ4n) is 3.94. The first-order valence-corrected chi connectivity index (χ1v) is 24.7. The first-order valence-electron chi connectivity index (χ1n) is 12.7. The zero-order valence-corrected chi connectivity index (χ0v) is 33.8. The topological polar surface area (TPSA) is 577 Å². The molecule has 1 fully saturated rings. The van der Waals surface area contributed by atoms with Crippen LogP contribution in [0.15, 0.2) is 0 Å². The highest BCUT2D eigenvalue weighted by Crippen LogP contribution is 2.33. The highest BCUT2D eigenvalue weighted by Gasteiger charge is 2.55. The van der Waals surface area contributed by atoms with Crippen molar-refractivity contribution < 1.29 is 160 Å². The zero-order chi connectivity index (χ0) is 45.7. The molecular formula is C12H23O37S9-. The van der Waals surface area contributed by atoms with Crippen molar-refractivity contribution in [3.63, 3.8) is 0 Å². The molecule has 0 aromatic heterocycles. The molecule has 1 rings (SSSR count). The first kappa shape index (κ1) is 55.0. The largest absolute Gasteiger partial charge is 0.750 e. The normalized spacial score (nSPS) is 24.7. The van der Waals surface area contributed by atoms with Gasteiger partial charge < -0.3 is 14.0 Å². The van der Waals surface area contributed by atoms with Gasteiger partial charge in [-0.25, -0.2) is 37.7 Å². The van der Waals surface area contributed by atoms with E-state index in [0.29, 0.717) is 0 Å². The maximum atomic E-state index is 11.8. The van der Waals surface area contributed by atoms with E-state index in [1.54, 1.807) is 0 Å². The molecule has 1 heterocycles. The molecule has 1 aliphatic heterocycles. The van der Waals surface area contributed by atoms with E-state index in [9.17, 15) is 98.9 Å². The van der Waals surface area contributed by atoms with Crippen LogP contribution in [0.4, 0.5) is 0 Å². The van der Waals surface area contributed by atoms with Gasteiger partial charge in [-0.3, -0.25) is 40.6 Å². The monoisotopic (exact) mass is 1050 g/mol. The minimum absolute atomic E-state index is 1.91. The molecule has 37 nitrogen and oxygen atoms in total. The Balaban J connectivity index is 4.17. The van der Waals surface area contributed by atoms with Gasteiger partial charge >= 0.3 is 83.2 Å². The lowest BCUT2D eigenvalue weighted by Crippen LogP contribution is -2.63. The molecule has 0 spiro atoms. The third-order valence-corrected chi connectivity index (χ3v) is 9.54. The maximum Gasteiger partial charge on any atom is 0.397 e. The molecule has 348 valence electrons. The van der Waals surface area contributed by atoms with Crippen LogP contribution in [0.1, 0.15) is 0 Å². The minimum Gasteiger partial charge on any atom is -0.750 e. The van der Waals surface area contributed by atoms with Crippen LogP contribution in [0, 0.1) is 0 Å². The van der Waals surface area contributed by atoms with E-state index in [1.165, 1.54) is 0 Å². The van der Waals surface area contributed by atoms with Gasteiger partial charge in [0.25, 0.3) is 0 Å². The van der Waals surface area contributed by atoms with E-state index in [1.807, 2.05) is 0 Å². The lowest BCUT2D eigenvalue weighted by molar-refractivity contribution is -0.291. The summed E-state index contributed by atoms with van der Waals surface area (Å²) >= 11 is -4.23. The molecule has 58 heavy (non-hydrogen) atoms. The molecule has 1 saturated heterocycles. The Morgan fingerprint density at radius 3 is 1.28 bits per heavy atom. The summed E-state index contributed by atoms with van der Waals surface area (Å²) in [5.74, 6) is 0. The van der Waals surface area contributed by atoms with Gasteiger partial charge in [-0.2, -0.15) is 67.3 Å². The lowest BCUT2D eigenvalue weighted by atomic mass is 9.99. The predicted molar refractivity (Wildman–Crippen MR) is 162 cm³/mol. The van der Waals surface area contributed by atoms with Crippen LogP contribution in [-0.4, -0.2) is 187 Å². The zero-order valence-electron chi connectivity index (χ0n) is 26.4. The van der Waals surface area contributed by atoms with E-state index in [0.717, 1.165) is 0 Å². The smallest absolute Gasteiger partial charge is 0.397 e. The third-order valence-electron chi connectivity index (χ3n) is 5.45. The Morgan fingerprint density at radius 2 is 0.897 bits per heavy atom. The van der Waals surface area contributed by atoms with E-state index in [-0.39, 0.29) is 0 Å². The second kappa shape index (κ2) is 20.4. The number of rotatable bonds is 26. The van der Waals surface area contributed by atoms with Crippen molar-refractivity contribution in [3.05, 3.63) is 0 Å². The van der Waals surface area contributed by atoms with Gasteiger partial charge in [0.15, 0.2) is 12.4 Å². The summed E-state index contributed by atoms with van der Waals surface area (Å²) in [7, 11) is -48.7. The SMILES string of the molecule is O=S([O-])O[C@@H](CO[C@@H]1O[C@H](COS(=O)(=O)O)[C@@H](OS(=O)(=O)O)[C@H](OS(=O)(=O)O)[C@H]1OS(=O)(=O)O)[C@@H](OS(=O)(=O)O)[C@H](OS(=O)(=O)O)[C@@H](COS(=O)(=O)O)OS(=O)(=O)O. The molecule has 1 aliphatic rings. The summed E-state index contributed by atoms with van der Waals surface area (Å²) in [6.07, 6.45) is -29.8. The van der Waals surface area contributed by atoms with Crippen LogP contribution in [0.5, 0.6) is 0 Å². The molecule has 0 bridgehead atoms. The van der Waals surface area contributed by atoms with Crippen molar-refractivity contribution in [2.75, 3.05) is 19.8 Å². The third kappa shape index (κ3) is 23.8. The van der Waals surface area contributed by atoms with Crippen LogP contribution in [-0.2, 0) is 142 Å². The van der Waals surface area contributed by atoms with Gasteiger partial charge in [-0.15, -0.1) is 0 Å². The Bertz CT molecular complexity index is 2330. The second-order valence-corrected chi connectivity index (χ2v) is 18.7. The Morgan fingerprint density at radius 1 is 0.500 bits per heavy atom. The molecular weight excluding hydrogens is 1020 g/mol. The Labute approximate surface area is 327 Å². The Kier molecular flexibility index (Phi) is 19.4. The van der Waals surface area contributed by atoms with E-state index in [2.05, 4.69) is 37.6 Å². The average molecular weight is 1050 g/mol. The maximum absolute atomic E-state index is 11.8. The van der Waals surface area contributed by atoms with Gasteiger partial charge in [0, 0.05) is 0 Å². The molecule has 0 radical (unpaired) electrons. The average Bonchev–Trinajstić information content (AvgIpc) is 2.92. The van der Waals surface area contributed by atoms with Crippen LogP contribution >= 0.6 is 0 Å². The first-order chi connectivity index (χ1) is 25.5. The van der Waals surface area contributed by atoms with Crippen LogP contribution in [0.3, 0.4) is 0 Å². The molecule has 0 aromatic carbocycles. The molecule has 8 N–H and O–H groups in total.